The number of aryl methyl sites for hydroxylation is 2. The number of carboxylic acid groups (broad SMARTS) is 1. The van der Waals surface area contributed by atoms with Crippen molar-refractivity contribution in [2.24, 2.45) is 18.4 Å². The van der Waals surface area contributed by atoms with Crippen molar-refractivity contribution in [3.8, 4) is 11.4 Å². The van der Waals surface area contributed by atoms with Crippen molar-refractivity contribution in [3.63, 3.8) is 0 Å². The lowest BCUT2D eigenvalue weighted by Gasteiger charge is -2.30. The number of hydrogen-bond donors (Lipinski definition) is 2. The molecule has 1 aliphatic carbocycles. The first-order chi connectivity index (χ1) is 12.9. The van der Waals surface area contributed by atoms with Crippen molar-refractivity contribution in [2.45, 2.75) is 26.2 Å². The van der Waals surface area contributed by atoms with Crippen LogP contribution in [0.5, 0.6) is 0 Å². The van der Waals surface area contributed by atoms with Gasteiger partial charge in [0.15, 0.2) is 5.82 Å². The highest BCUT2D eigenvalue weighted by Crippen LogP contribution is 2.59. The van der Waals surface area contributed by atoms with Crippen molar-refractivity contribution in [3.05, 3.63) is 23.9 Å². The van der Waals surface area contributed by atoms with Crippen molar-refractivity contribution < 1.29 is 14.7 Å². The van der Waals surface area contributed by atoms with Gasteiger partial charge in [-0.25, -0.2) is 4.79 Å². The quantitative estimate of drug-likeness (QED) is 0.853. The fraction of sp³-hybridized carbons (Fsp3) is 0.500. The molecule has 142 valence electrons. The molecule has 3 heterocycles. The highest BCUT2D eigenvalue weighted by molar-refractivity contribution is 5.94. The molecule has 4 rings (SSSR count). The monoisotopic (exact) mass is 370 g/mol. The molecular formula is C18H22N6O3. The van der Waals surface area contributed by atoms with Gasteiger partial charge in [0.25, 0.3) is 0 Å². The van der Waals surface area contributed by atoms with Crippen LogP contribution in [0.2, 0.25) is 0 Å². The molecule has 27 heavy (non-hydrogen) atoms. The summed E-state index contributed by atoms with van der Waals surface area (Å²) in [6.45, 7) is 2.96. The predicted molar refractivity (Wildman–Crippen MR) is 97.0 cm³/mol. The van der Waals surface area contributed by atoms with Gasteiger partial charge in [0.05, 0.1) is 11.9 Å². The van der Waals surface area contributed by atoms with Crippen LogP contribution in [-0.4, -0.2) is 55.1 Å². The third-order valence-corrected chi connectivity index (χ3v) is 5.82. The second kappa shape index (κ2) is 6.33. The summed E-state index contributed by atoms with van der Waals surface area (Å²) in [5, 5.41) is 24.4. The number of nitrogens with zero attached hydrogens (tertiary/aromatic N) is 5. The lowest BCUT2D eigenvalue weighted by atomic mass is 9.91. The van der Waals surface area contributed by atoms with E-state index in [1.807, 2.05) is 20.0 Å². The van der Waals surface area contributed by atoms with E-state index in [2.05, 4.69) is 20.6 Å². The van der Waals surface area contributed by atoms with Crippen LogP contribution in [0.3, 0.4) is 0 Å². The minimum Gasteiger partial charge on any atom is -0.465 e. The highest BCUT2D eigenvalue weighted by Gasteiger charge is 2.58. The van der Waals surface area contributed by atoms with Gasteiger partial charge in [-0.1, -0.05) is 0 Å². The SMILES string of the molecule is Cc1cnn(C)c1-c1ccc(NC(=O)C2CC23CCN(C(=O)O)CC3)nn1. The fourth-order valence-corrected chi connectivity index (χ4v) is 4.07. The van der Waals surface area contributed by atoms with Gasteiger partial charge in [-0.2, -0.15) is 5.10 Å². The van der Waals surface area contributed by atoms with Crippen LogP contribution in [0.1, 0.15) is 24.8 Å². The molecule has 2 aromatic rings. The molecule has 1 saturated heterocycles. The van der Waals surface area contributed by atoms with E-state index in [4.69, 9.17) is 5.11 Å². The maximum atomic E-state index is 12.6. The first-order valence-electron chi connectivity index (χ1n) is 9.01. The van der Waals surface area contributed by atoms with E-state index < -0.39 is 6.09 Å². The standard InChI is InChI=1S/C18H22N6O3/c1-11-10-19-23(2)15(11)13-3-4-14(22-21-13)20-16(25)12-9-18(12)5-7-24(8-6-18)17(26)27/h3-4,10,12H,5-9H2,1-2H3,(H,26,27)(H,20,22,25). The molecule has 1 spiro atoms. The molecule has 2 N–H and O–H groups in total. The second-order valence-electron chi connectivity index (χ2n) is 7.48. The third kappa shape index (κ3) is 3.13. The molecule has 2 fully saturated rings. The Bertz CT molecular complexity index is 864. The summed E-state index contributed by atoms with van der Waals surface area (Å²) in [5.41, 5.74) is 2.56. The zero-order valence-corrected chi connectivity index (χ0v) is 15.3. The zero-order valence-electron chi connectivity index (χ0n) is 15.3. The number of anilines is 1. The van der Waals surface area contributed by atoms with E-state index in [0.29, 0.717) is 24.6 Å². The third-order valence-electron chi connectivity index (χ3n) is 5.82. The summed E-state index contributed by atoms with van der Waals surface area (Å²) in [7, 11) is 1.85. The van der Waals surface area contributed by atoms with Gasteiger partial charge < -0.3 is 15.3 Å². The van der Waals surface area contributed by atoms with Crippen LogP contribution < -0.4 is 5.32 Å². The molecular weight excluding hydrogens is 348 g/mol. The minimum atomic E-state index is -0.884. The van der Waals surface area contributed by atoms with Crippen molar-refractivity contribution in [1.29, 1.82) is 0 Å². The Hall–Kier alpha value is -2.97. The van der Waals surface area contributed by atoms with Crippen molar-refractivity contribution in [2.75, 3.05) is 18.4 Å². The Morgan fingerprint density at radius 1 is 1.26 bits per heavy atom. The van der Waals surface area contributed by atoms with Gasteiger partial charge in [-0.3, -0.25) is 9.48 Å². The van der Waals surface area contributed by atoms with E-state index in [-0.39, 0.29) is 17.2 Å². The van der Waals surface area contributed by atoms with Crippen LogP contribution in [0.15, 0.2) is 18.3 Å². The van der Waals surface area contributed by atoms with Gasteiger partial charge >= 0.3 is 6.09 Å². The average Bonchev–Trinajstić information content (AvgIpc) is 3.24. The summed E-state index contributed by atoms with van der Waals surface area (Å²) >= 11 is 0. The number of carbonyl (C=O) groups is 2. The number of amides is 2. The Kier molecular flexibility index (Phi) is 4.09. The first-order valence-corrected chi connectivity index (χ1v) is 9.01. The average molecular weight is 370 g/mol. The summed E-state index contributed by atoms with van der Waals surface area (Å²) in [6.07, 6.45) is 3.18. The first kappa shape index (κ1) is 17.4. The molecule has 2 aliphatic rings. The number of rotatable bonds is 3. The van der Waals surface area contributed by atoms with Crippen molar-refractivity contribution in [1.82, 2.24) is 24.9 Å². The molecule has 1 unspecified atom stereocenters. The number of hydrogen-bond acceptors (Lipinski definition) is 5. The normalized spacial score (nSPS) is 20.5. The van der Waals surface area contributed by atoms with Crippen LogP contribution >= 0.6 is 0 Å². The summed E-state index contributed by atoms with van der Waals surface area (Å²) in [5.74, 6) is 0.292. The van der Waals surface area contributed by atoms with E-state index in [1.165, 1.54) is 4.90 Å². The van der Waals surface area contributed by atoms with Gasteiger partial charge in [0, 0.05) is 26.1 Å². The Morgan fingerprint density at radius 3 is 2.56 bits per heavy atom. The van der Waals surface area contributed by atoms with Gasteiger partial charge in [0.2, 0.25) is 5.91 Å². The second-order valence-corrected chi connectivity index (χ2v) is 7.48. The molecule has 1 atom stereocenters. The maximum Gasteiger partial charge on any atom is 0.407 e. The summed E-state index contributed by atoms with van der Waals surface area (Å²) < 4.78 is 1.75. The molecule has 2 amide bonds. The Morgan fingerprint density at radius 2 is 2.00 bits per heavy atom. The molecule has 2 aromatic heterocycles. The predicted octanol–water partition coefficient (Wildman–Crippen LogP) is 1.90. The molecule has 0 aromatic carbocycles. The number of likely N-dealkylation sites (tertiary alicyclic amines) is 1. The summed E-state index contributed by atoms with van der Waals surface area (Å²) in [4.78, 5) is 25.0. The fourth-order valence-electron chi connectivity index (χ4n) is 4.07. The van der Waals surface area contributed by atoms with Crippen LogP contribution in [-0.2, 0) is 11.8 Å². The lowest BCUT2D eigenvalue weighted by molar-refractivity contribution is -0.118. The van der Waals surface area contributed by atoms with Gasteiger partial charge in [-0.05, 0) is 49.3 Å². The van der Waals surface area contributed by atoms with Crippen molar-refractivity contribution >= 4 is 17.8 Å². The molecule has 1 aliphatic heterocycles. The van der Waals surface area contributed by atoms with E-state index >= 15 is 0 Å². The number of carbonyl (C=O) groups excluding carboxylic acids is 1. The molecule has 0 radical (unpaired) electrons. The van der Waals surface area contributed by atoms with E-state index in [1.54, 1.807) is 16.9 Å². The van der Waals surface area contributed by atoms with E-state index in [0.717, 1.165) is 30.5 Å². The lowest BCUT2D eigenvalue weighted by Crippen LogP contribution is -2.39. The largest absolute Gasteiger partial charge is 0.465 e. The van der Waals surface area contributed by atoms with Gasteiger partial charge in [-0.15, -0.1) is 10.2 Å². The molecule has 9 nitrogen and oxygen atoms in total. The van der Waals surface area contributed by atoms with Gasteiger partial charge in [0.1, 0.15) is 5.69 Å². The molecule has 9 heteroatoms. The molecule has 1 saturated carbocycles. The number of aromatic nitrogens is 4. The Labute approximate surface area is 156 Å². The number of piperidine rings is 1. The maximum absolute atomic E-state index is 12.6. The highest BCUT2D eigenvalue weighted by atomic mass is 16.4. The minimum absolute atomic E-state index is 0.0464. The number of nitrogens with one attached hydrogen (secondary N) is 1. The topological polar surface area (TPSA) is 113 Å². The van der Waals surface area contributed by atoms with Crippen LogP contribution in [0, 0.1) is 18.3 Å². The van der Waals surface area contributed by atoms with Crippen LogP contribution in [0.25, 0.3) is 11.4 Å². The Balaban J connectivity index is 1.38. The molecule has 0 bridgehead atoms. The zero-order chi connectivity index (χ0) is 19.2. The summed E-state index contributed by atoms with van der Waals surface area (Å²) in [6, 6.07) is 3.56. The smallest absolute Gasteiger partial charge is 0.407 e. The van der Waals surface area contributed by atoms with Crippen LogP contribution in [0.4, 0.5) is 10.6 Å². The van der Waals surface area contributed by atoms with E-state index in [9.17, 15) is 9.59 Å².